The van der Waals surface area contributed by atoms with Crippen LogP contribution in [0.2, 0.25) is 0 Å². The number of fused-ring (bicyclic) bond motifs is 5. The summed E-state index contributed by atoms with van der Waals surface area (Å²) in [5.74, 6) is 0.708. The number of aromatic amines is 1. The first-order chi connectivity index (χ1) is 21.0. The summed E-state index contributed by atoms with van der Waals surface area (Å²) in [6.45, 7) is 3.92. The van der Waals surface area contributed by atoms with E-state index in [0.29, 0.717) is 12.8 Å². The molecule has 2 saturated heterocycles. The fraction of sp³-hybridized carbons (Fsp3) is 0.500. The van der Waals surface area contributed by atoms with Gasteiger partial charge in [0, 0.05) is 46.9 Å². The Kier molecular flexibility index (Phi) is 6.62. The molecule has 4 aliphatic heterocycles. The quantitative estimate of drug-likeness (QED) is 0.319. The minimum atomic E-state index is -1.03. The van der Waals surface area contributed by atoms with Crippen molar-refractivity contribution in [1.29, 1.82) is 0 Å². The molecule has 1 aliphatic carbocycles. The van der Waals surface area contributed by atoms with Gasteiger partial charge in [0.25, 0.3) is 0 Å². The molecule has 0 saturated carbocycles. The molecule has 2 aromatic heterocycles. The molecule has 224 valence electrons. The van der Waals surface area contributed by atoms with Crippen molar-refractivity contribution >= 4 is 33.2 Å². The highest BCUT2D eigenvalue weighted by molar-refractivity contribution is 6.10. The van der Waals surface area contributed by atoms with Gasteiger partial charge in [0.1, 0.15) is 5.75 Å². The van der Waals surface area contributed by atoms with Crippen molar-refractivity contribution in [2.24, 2.45) is 11.3 Å². The van der Waals surface area contributed by atoms with Gasteiger partial charge in [-0.3, -0.25) is 14.7 Å². The van der Waals surface area contributed by atoms with Crippen LogP contribution in [0.15, 0.2) is 60.8 Å². The van der Waals surface area contributed by atoms with Crippen LogP contribution in [-0.2, 0) is 4.79 Å². The van der Waals surface area contributed by atoms with E-state index in [4.69, 9.17) is 4.98 Å². The fourth-order valence-electron chi connectivity index (χ4n) is 9.55. The number of aromatic nitrogens is 2. The van der Waals surface area contributed by atoms with Gasteiger partial charge < -0.3 is 20.1 Å². The van der Waals surface area contributed by atoms with Crippen LogP contribution in [0.25, 0.3) is 27.4 Å². The van der Waals surface area contributed by atoms with Gasteiger partial charge in [0.15, 0.2) is 5.78 Å². The molecule has 3 N–H and O–H groups in total. The average molecular weight is 579 g/mol. The molecule has 8 rings (SSSR count). The first-order valence-electron chi connectivity index (χ1n) is 16.3. The van der Waals surface area contributed by atoms with Crippen molar-refractivity contribution in [2.75, 3.05) is 26.2 Å². The minimum absolute atomic E-state index is 0.0209. The molecule has 6 atom stereocenters. The summed E-state index contributed by atoms with van der Waals surface area (Å²) >= 11 is 0. The maximum absolute atomic E-state index is 13.0. The van der Waals surface area contributed by atoms with Crippen LogP contribution in [0, 0.1) is 11.3 Å². The predicted octanol–water partition coefficient (Wildman–Crippen LogP) is 5.74. The van der Waals surface area contributed by atoms with Crippen molar-refractivity contribution in [3.05, 3.63) is 66.5 Å². The Morgan fingerprint density at radius 1 is 1.02 bits per heavy atom. The first-order valence-corrected chi connectivity index (χ1v) is 16.3. The summed E-state index contributed by atoms with van der Waals surface area (Å²) in [7, 11) is 0. The zero-order chi connectivity index (χ0) is 29.2. The molecule has 5 aliphatic rings. The average Bonchev–Trinajstić information content (AvgIpc) is 3.51. The highest BCUT2D eigenvalue weighted by atomic mass is 16.3. The summed E-state index contributed by atoms with van der Waals surface area (Å²) in [5.41, 5.74) is 2.83. The van der Waals surface area contributed by atoms with Gasteiger partial charge in [-0.15, -0.1) is 0 Å². The number of phenolic OH excluding ortho intramolecular Hbond substituents is 1. The molecule has 6 heterocycles. The molecular formula is C36H42N4O3. The van der Waals surface area contributed by atoms with E-state index in [9.17, 15) is 15.0 Å². The predicted molar refractivity (Wildman–Crippen MR) is 170 cm³/mol. The maximum Gasteiger partial charge on any atom is 0.155 e. The number of nitrogens with zero attached hydrogens (tertiary/aromatic N) is 3. The Labute approximate surface area is 253 Å². The van der Waals surface area contributed by atoms with E-state index >= 15 is 0 Å². The van der Waals surface area contributed by atoms with Crippen LogP contribution in [0.3, 0.4) is 0 Å². The number of aromatic hydroxyl groups is 1. The van der Waals surface area contributed by atoms with Crippen molar-refractivity contribution in [1.82, 2.24) is 19.8 Å². The molecule has 3 aromatic rings. The van der Waals surface area contributed by atoms with E-state index in [0.717, 1.165) is 91.4 Å². The van der Waals surface area contributed by atoms with Gasteiger partial charge in [0.05, 0.1) is 22.9 Å². The second kappa shape index (κ2) is 10.4. The molecule has 1 aromatic carbocycles. The van der Waals surface area contributed by atoms with E-state index in [1.165, 1.54) is 12.8 Å². The molecule has 0 amide bonds. The summed E-state index contributed by atoms with van der Waals surface area (Å²) in [6.07, 6.45) is 21.0. The fourth-order valence-corrected chi connectivity index (χ4v) is 9.55. The zero-order valence-corrected chi connectivity index (χ0v) is 24.8. The summed E-state index contributed by atoms with van der Waals surface area (Å²) < 4.78 is 0. The van der Waals surface area contributed by atoms with Crippen LogP contribution in [0.5, 0.6) is 5.75 Å². The number of H-pyrrole nitrogens is 1. The number of phenols is 1. The van der Waals surface area contributed by atoms with Gasteiger partial charge in [-0.1, -0.05) is 18.2 Å². The van der Waals surface area contributed by atoms with Crippen molar-refractivity contribution in [3.63, 3.8) is 0 Å². The third-order valence-electron chi connectivity index (χ3n) is 11.2. The number of allylic oxidation sites excluding steroid dienone is 4. The number of aliphatic hydroxyl groups is 1. The Bertz CT molecular complexity index is 1670. The van der Waals surface area contributed by atoms with E-state index in [-0.39, 0.29) is 34.9 Å². The van der Waals surface area contributed by atoms with E-state index in [1.54, 1.807) is 6.07 Å². The lowest BCUT2D eigenvalue weighted by molar-refractivity contribution is -0.115. The zero-order valence-electron chi connectivity index (χ0n) is 24.8. The monoisotopic (exact) mass is 578 g/mol. The number of carbonyl (C=O) groups excluding carboxylic acids is 1. The largest absolute Gasteiger partial charge is 0.508 e. The molecule has 1 spiro atoms. The Morgan fingerprint density at radius 2 is 1.93 bits per heavy atom. The van der Waals surface area contributed by atoms with Crippen molar-refractivity contribution in [3.8, 4) is 5.75 Å². The van der Waals surface area contributed by atoms with Gasteiger partial charge in [-0.2, -0.15) is 0 Å². The number of hydrogen-bond acceptors (Lipinski definition) is 6. The van der Waals surface area contributed by atoms with E-state index in [1.807, 2.05) is 30.5 Å². The number of ketones is 1. The lowest BCUT2D eigenvalue weighted by Gasteiger charge is -2.58. The molecule has 43 heavy (non-hydrogen) atoms. The van der Waals surface area contributed by atoms with Crippen LogP contribution < -0.4 is 0 Å². The molecule has 0 radical (unpaired) electrons. The first kappa shape index (κ1) is 27.3. The normalized spacial score (nSPS) is 35.0. The maximum atomic E-state index is 13.0. The molecular weight excluding hydrogens is 536 g/mol. The van der Waals surface area contributed by atoms with E-state index in [2.05, 4.69) is 39.1 Å². The second-order valence-electron chi connectivity index (χ2n) is 13.7. The summed E-state index contributed by atoms with van der Waals surface area (Å²) in [4.78, 5) is 26.4. The summed E-state index contributed by atoms with van der Waals surface area (Å²) in [6, 6.07) is 7.61. The number of hydrogen-bond donors (Lipinski definition) is 3. The summed E-state index contributed by atoms with van der Waals surface area (Å²) in [5, 5.41) is 25.3. The van der Waals surface area contributed by atoms with Crippen LogP contribution in [0.4, 0.5) is 0 Å². The SMILES string of the molecule is O=C1C=CC2CC34CN5CCCCC=CCCC(O)(C=C(c6nccc7c6[nH]c6ccc(O)cc67)C3CC5)C4N2CCC1. The lowest BCUT2D eigenvalue weighted by atomic mass is 9.54. The van der Waals surface area contributed by atoms with Crippen LogP contribution >= 0.6 is 0 Å². The van der Waals surface area contributed by atoms with Gasteiger partial charge in [0.2, 0.25) is 0 Å². The number of benzene rings is 1. The number of pyridine rings is 1. The topological polar surface area (TPSA) is 92.7 Å². The number of piperidine rings is 1. The highest BCUT2D eigenvalue weighted by Crippen LogP contribution is 2.61. The number of nitrogens with one attached hydrogen (secondary N) is 1. The molecule has 6 unspecified atom stereocenters. The van der Waals surface area contributed by atoms with Crippen LogP contribution in [0.1, 0.15) is 63.5 Å². The molecule has 7 nitrogen and oxygen atoms in total. The van der Waals surface area contributed by atoms with Gasteiger partial charge >= 0.3 is 0 Å². The number of rotatable bonds is 1. The highest BCUT2D eigenvalue weighted by Gasteiger charge is 2.65. The third kappa shape index (κ3) is 4.42. The van der Waals surface area contributed by atoms with Crippen molar-refractivity contribution in [2.45, 2.75) is 75.5 Å². The third-order valence-corrected chi connectivity index (χ3v) is 11.2. The Morgan fingerprint density at radius 3 is 2.86 bits per heavy atom. The Hall–Kier alpha value is -3.26. The minimum Gasteiger partial charge on any atom is -0.508 e. The standard InChI is InChI=1S/C36H42N4O3/c41-25-8-7-18-40-24(9-10-25)21-35-23-39-17-6-4-2-1-3-5-15-36(43,34(35)40)22-29(30(35)14-19-39)32-33-27(13-16-37-32)28-20-26(42)11-12-31(28)38-33/h1,3,9-13,16,20,22,24,30,34,38,42-43H,2,4-8,14-15,17-19,21,23H2. The molecule has 2 fully saturated rings. The second-order valence-corrected chi connectivity index (χ2v) is 13.7. The van der Waals surface area contributed by atoms with Crippen molar-refractivity contribution < 1.29 is 15.0 Å². The van der Waals surface area contributed by atoms with Crippen LogP contribution in [-0.4, -0.2) is 79.6 Å². The molecule has 3 bridgehead atoms. The lowest BCUT2D eigenvalue weighted by Crippen LogP contribution is -2.65. The molecule has 7 heteroatoms. The Balaban J connectivity index is 1.34. The van der Waals surface area contributed by atoms with Gasteiger partial charge in [-0.25, -0.2) is 0 Å². The smallest absolute Gasteiger partial charge is 0.155 e. The number of carbonyl (C=O) groups is 1. The van der Waals surface area contributed by atoms with E-state index < -0.39 is 5.60 Å². The van der Waals surface area contributed by atoms with Gasteiger partial charge in [-0.05, 0) is 119 Å².